The first kappa shape index (κ1) is 30.8. The molecule has 1 saturated carbocycles. The summed E-state index contributed by atoms with van der Waals surface area (Å²) in [4.78, 5) is 0. The smallest absolute Gasteiger partial charge is 0.0431 e. The maximum absolute atomic E-state index is 9.24. The van der Waals surface area contributed by atoms with Crippen LogP contribution in [0.3, 0.4) is 0 Å². The van der Waals surface area contributed by atoms with Gasteiger partial charge in [0.25, 0.3) is 0 Å². The van der Waals surface area contributed by atoms with Crippen molar-refractivity contribution in [3.05, 3.63) is 12.2 Å². The maximum atomic E-state index is 9.24. The summed E-state index contributed by atoms with van der Waals surface area (Å²) >= 11 is 0. The first-order valence-corrected chi connectivity index (χ1v) is 15.3. The molecule has 0 amide bonds. The van der Waals surface area contributed by atoms with Gasteiger partial charge >= 0.3 is 0 Å². The van der Waals surface area contributed by atoms with Crippen LogP contribution in [0.5, 0.6) is 0 Å². The van der Waals surface area contributed by atoms with Crippen molar-refractivity contribution in [1.29, 1.82) is 0 Å². The van der Waals surface area contributed by atoms with Gasteiger partial charge in [-0.3, -0.25) is 0 Å². The van der Waals surface area contributed by atoms with Crippen molar-refractivity contribution in [2.45, 2.75) is 135 Å². The highest BCUT2D eigenvalue weighted by molar-refractivity contribution is 5.24. The Hall–Kier alpha value is -0.420. The van der Waals surface area contributed by atoms with E-state index in [0.717, 1.165) is 63.2 Å². The van der Waals surface area contributed by atoms with E-state index < -0.39 is 0 Å². The van der Waals surface area contributed by atoms with Crippen molar-refractivity contribution < 1.29 is 20.4 Å². The molecular formula is C31H58O4. The van der Waals surface area contributed by atoms with E-state index in [0.29, 0.717) is 37.3 Å². The molecule has 2 aliphatic carbocycles. The monoisotopic (exact) mass is 494 g/mol. The Morgan fingerprint density at radius 2 is 0.657 bits per heavy atom. The predicted octanol–water partition coefficient (Wildman–Crippen LogP) is 6.94. The second kappa shape index (κ2) is 17.9. The lowest BCUT2D eigenvalue weighted by Crippen LogP contribution is -2.45. The van der Waals surface area contributed by atoms with Gasteiger partial charge < -0.3 is 20.4 Å². The van der Waals surface area contributed by atoms with Crippen LogP contribution in [-0.2, 0) is 0 Å². The summed E-state index contributed by atoms with van der Waals surface area (Å²) in [6, 6.07) is 0. The highest BCUT2D eigenvalue weighted by Gasteiger charge is 2.63. The third-order valence-electron chi connectivity index (χ3n) is 9.62. The summed E-state index contributed by atoms with van der Waals surface area (Å²) in [5.74, 6) is 1.44. The fourth-order valence-corrected chi connectivity index (χ4v) is 7.87. The molecule has 0 spiro atoms. The summed E-state index contributed by atoms with van der Waals surface area (Å²) in [7, 11) is 0. The summed E-state index contributed by atoms with van der Waals surface area (Å²) in [6.07, 6.45) is 30.2. The zero-order valence-corrected chi connectivity index (χ0v) is 22.8. The van der Waals surface area contributed by atoms with Gasteiger partial charge in [-0.05, 0) is 80.5 Å². The molecule has 2 unspecified atom stereocenters. The topological polar surface area (TPSA) is 80.9 Å². The molecule has 2 rings (SSSR count). The number of aliphatic hydroxyl groups excluding tert-OH is 4. The summed E-state index contributed by atoms with van der Waals surface area (Å²) < 4.78 is 0. The SMILES string of the molecule is OCCCCCCC1(CCCCCCO)C2C=CC(C2)C1(CCCCCCO)CCCCCCO. The molecule has 0 aliphatic heterocycles. The number of hydrogen-bond acceptors (Lipinski definition) is 4. The molecule has 2 aliphatic rings. The molecule has 4 N–H and O–H groups in total. The molecule has 35 heavy (non-hydrogen) atoms. The lowest BCUT2D eigenvalue weighted by Gasteiger charge is -2.54. The van der Waals surface area contributed by atoms with Crippen molar-refractivity contribution >= 4 is 0 Å². The average molecular weight is 495 g/mol. The average Bonchev–Trinajstić information content (AvgIpc) is 3.45. The normalized spacial score (nSPS) is 21.8. The molecule has 4 heteroatoms. The maximum Gasteiger partial charge on any atom is 0.0431 e. The van der Waals surface area contributed by atoms with Crippen LogP contribution in [0.15, 0.2) is 12.2 Å². The Morgan fingerprint density at radius 3 is 0.914 bits per heavy atom. The Morgan fingerprint density at radius 1 is 0.400 bits per heavy atom. The van der Waals surface area contributed by atoms with Crippen molar-refractivity contribution in [3.8, 4) is 0 Å². The van der Waals surface area contributed by atoms with E-state index in [-0.39, 0.29) is 0 Å². The third kappa shape index (κ3) is 8.83. The highest BCUT2D eigenvalue weighted by atomic mass is 16.3. The van der Waals surface area contributed by atoms with E-state index in [9.17, 15) is 20.4 Å². The number of rotatable bonds is 24. The fraction of sp³-hybridized carbons (Fsp3) is 0.935. The van der Waals surface area contributed by atoms with Crippen molar-refractivity contribution in [3.63, 3.8) is 0 Å². The molecule has 206 valence electrons. The number of unbranched alkanes of at least 4 members (excludes halogenated alkanes) is 12. The summed E-state index contributed by atoms with van der Waals surface area (Å²) in [6.45, 7) is 1.26. The number of allylic oxidation sites excluding steroid dienone is 2. The molecule has 0 aromatic rings. The molecule has 2 bridgehead atoms. The number of hydrogen-bond donors (Lipinski definition) is 4. The van der Waals surface area contributed by atoms with Crippen LogP contribution in [0.4, 0.5) is 0 Å². The summed E-state index contributed by atoms with van der Waals surface area (Å²) in [5, 5.41) is 37.0. The van der Waals surface area contributed by atoms with Gasteiger partial charge in [0.15, 0.2) is 0 Å². The van der Waals surface area contributed by atoms with Gasteiger partial charge in [-0.25, -0.2) is 0 Å². The van der Waals surface area contributed by atoms with Crippen LogP contribution >= 0.6 is 0 Å². The van der Waals surface area contributed by atoms with E-state index >= 15 is 0 Å². The molecule has 4 nitrogen and oxygen atoms in total. The van der Waals surface area contributed by atoms with E-state index in [4.69, 9.17) is 0 Å². The van der Waals surface area contributed by atoms with Gasteiger partial charge in [0.1, 0.15) is 0 Å². The molecule has 1 fully saturated rings. The van der Waals surface area contributed by atoms with Crippen LogP contribution in [0.1, 0.15) is 135 Å². The Bertz CT molecular complexity index is 472. The minimum absolute atomic E-state index is 0.315. The zero-order valence-electron chi connectivity index (χ0n) is 22.8. The molecule has 0 radical (unpaired) electrons. The zero-order chi connectivity index (χ0) is 25.2. The van der Waals surface area contributed by atoms with E-state index in [1.807, 2.05) is 0 Å². The van der Waals surface area contributed by atoms with Gasteiger partial charge in [-0.15, -0.1) is 0 Å². The lowest BCUT2D eigenvalue weighted by molar-refractivity contribution is -0.0230. The van der Waals surface area contributed by atoms with E-state index in [2.05, 4.69) is 12.2 Å². The van der Waals surface area contributed by atoms with Gasteiger partial charge in [0.05, 0.1) is 0 Å². The molecule has 0 aromatic heterocycles. The van der Waals surface area contributed by atoms with Gasteiger partial charge in [-0.1, -0.05) is 89.2 Å². The Kier molecular flexibility index (Phi) is 15.8. The van der Waals surface area contributed by atoms with Crippen molar-refractivity contribution in [2.24, 2.45) is 22.7 Å². The lowest BCUT2D eigenvalue weighted by atomic mass is 9.51. The van der Waals surface area contributed by atoms with Crippen LogP contribution < -0.4 is 0 Å². The second-order valence-electron chi connectivity index (χ2n) is 11.7. The Labute approximate surface area is 216 Å². The van der Waals surface area contributed by atoms with Crippen LogP contribution in [-0.4, -0.2) is 46.9 Å². The third-order valence-corrected chi connectivity index (χ3v) is 9.62. The molecular weight excluding hydrogens is 436 g/mol. The molecule has 0 aromatic carbocycles. The first-order chi connectivity index (χ1) is 17.2. The minimum Gasteiger partial charge on any atom is -0.396 e. The molecule has 0 saturated heterocycles. The van der Waals surface area contributed by atoms with E-state index in [1.165, 1.54) is 83.5 Å². The predicted molar refractivity (Wildman–Crippen MR) is 146 cm³/mol. The quantitative estimate of drug-likeness (QED) is 0.0865. The van der Waals surface area contributed by atoms with Crippen LogP contribution in [0.25, 0.3) is 0 Å². The highest BCUT2D eigenvalue weighted by Crippen LogP contribution is 2.71. The standard InChI is InChI=1S/C31H58O4/c32-23-13-5-1-9-19-30(20-10-2-6-14-24-33)28-17-18-29(27-28)31(30,21-11-3-7-15-25-34)22-12-4-8-16-26-35/h17-18,28-29,32-35H,1-16,19-27H2. The van der Waals surface area contributed by atoms with Gasteiger partial charge in [0, 0.05) is 26.4 Å². The van der Waals surface area contributed by atoms with Gasteiger partial charge in [0.2, 0.25) is 0 Å². The Balaban J connectivity index is 2.20. The van der Waals surface area contributed by atoms with Crippen LogP contribution in [0.2, 0.25) is 0 Å². The first-order valence-electron chi connectivity index (χ1n) is 15.3. The fourth-order valence-electron chi connectivity index (χ4n) is 7.87. The minimum atomic E-state index is 0.315. The van der Waals surface area contributed by atoms with Crippen molar-refractivity contribution in [1.82, 2.24) is 0 Å². The van der Waals surface area contributed by atoms with Crippen molar-refractivity contribution in [2.75, 3.05) is 26.4 Å². The van der Waals surface area contributed by atoms with Crippen LogP contribution in [0, 0.1) is 22.7 Å². The number of aliphatic hydroxyl groups is 4. The van der Waals surface area contributed by atoms with Gasteiger partial charge in [-0.2, -0.15) is 0 Å². The molecule has 2 atom stereocenters. The second-order valence-corrected chi connectivity index (χ2v) is 11.7. The molecule has 0 heterocycles. The number of fused-ring (bicyclic) bond motifs is 2. The van der Waals surface area contributed by atoms with E-state index in [1.54, 1.807) is 0 Å². The largest absolute Gasteiger partial charge is 0.396 e. The summed E-state index contributed by atoms with van der Waals surface area (Å²) in [5.41, 5.74) is 0.803.